The van der Waals surface area contributed by atoms with E-state index in [0.29, 0.717) is 23.8 Å². The van der Waals surface area contributed by atoms with Crippen LogP contribution in [0.1, 0.15) is 23.3 Å². The topological polar surface area (TPSA) is 102 Å². The van der Waals surface area contributed by atoms with Crippen molar-refractivity contribution >= 4 is 24.0 Å². The molecule has 1 amide bonds. The Bertz CT molecular complexity index is 726. The minimum atomic E-state index is -0.453. The van der Waals surface area contributed by atoms with Gasteiger partial charge in [-0.3, -0.25) is 14.9 Å². The van der Waals surface area contributed by atoms with Crippen LogP contribution >= 0.6 is 12.4 Å². The molecule has 1 aliphatic heterocycles. The quantitative estimate of drug-likeness (QED) is 0.622. The van der Waals surface area contributed by atoms with Gasteiger partial charge in [0.2, 0.25) is 0 Å². The van der Waals surface area contributed by atoms with E-state index in [1.807, 2.05) is 0 Å². The van der Waals surface area contributed by atoms with Gasteiger partial charge in [0, 0.05) is 24.9 Å². The molecule has 0 bridgehead atoms. The number of nitro groups is 1. The highest BCUT2D eigenvalue weighted by atomic mass is 35.5. The first-order valence-corrected chi connectivity index (χ1v) is 7.93. The Morgan fingerprint density at radius 2 is 2.12 bits per heavy atom. The monoisotopic (exact) mass is 365 g/mol. The second kappa shape index (κ2) is 8.59. The summed E-state index contributed by atoms with van der Waals surface area (Å²) >= 11 is 0. The van der Waals surface area contributed by atoms with Gasteiger partial charge in [-0.2, -0.15) is 5.10 Å². The zero-order chi connectivity index (χ0) is 16.9. The van der Waals surface area contributed by atoms with Crippen LogP contribution in [0.5, 0.6) is 0 Å². The van der Waals surface area contributed by atoms with Gasteiger partial charge in [0.15, 0.2) is 5.69 Å². The van der Waals surface area contributed by atoms with Gasteiger partial charge in [-0.15, -0.1) is 12.4 Å². The number of rotatable bonds is 5. The lowest BCUT2D eigenvalue weighted by atomic mass is 10.00. The molecule has 2 aromatic rings. The van der Waals surface area contributed by atoms with Crippen molar-refractivity contribution in [2.45, 2.75) is 12.8 Å². The smallest absolute Gasteiger partial charge is 0.271 e. The Labute approximate surface area is 151 Å². The Balaban J connectivity index is 0.00000225. The number of piperidine rings is 1. The van der Waals surface area contributed by atoms with Crippen LogP contribution in [-0.2, 0) is 0 Å². The van der Waals surface area contributed by atoms with Crippen molar-refractivity contribution in [3.63, 3.8) is 0 Å². The summed E-state index contributed by atoms with van der Waals surface area (Å²) in [6, 6.07) is 7.65. The molecular weight excluding hydrogens is 346 g/mol. The molecule has 3 rings (SSSR count). The van der Waals surface area contributed by atoms with Crippen LogP contribution in [0.4, 0.5) is 5.69 Å². The van der Waals surface area contributed by atoms with E-state index in [1.165, 1.54) is 16.8 Å². The molecule has 1 saturated heterocycles. The predicted octanol–water partition coefficient (Wildman–Crippen LogP) is 1.93. The largest absolute Gasteiger partial charge is 0.350 e. The molecule has 1 fully saturated rings. The van der Waals surface area contributed by atoms with Gasteiger partial charge < -0.3 is 10.6 Å². The lowest BCUT2D eigenvalue weighted by Crippen LogP contribution is -2.38. The number of hydrogen-bond donors (Lipinski definition) is 2. The number of non-ortho nitro benzene ring substituents is 1. The Morgan fingerprint density at radius 3 is 2.76 bits per heavy atom. The van der Waals surface area contributed by atoms with Crippen LogP contribution in [0.25, 0.3) is 5.69 Å². The number of nitrogens with zero attached hydrogens (tertiary/aromatic N) is 3. The minimum absolute atomic E-state index is 0. The van der Waals surface area contributed by atoms with Gasteiger partial charge in [-0.05, 0) is 50.0 Å². The van der Waals surface area contributed by atoms with Crippen LogP contribution in [0.2, 0.25) is 0 Å². The highest BCUT2D eigenvalue weighted by Crippen LogP contribution is 2.15. The third kappa shape index (κ3) is 4.77. The van der Waals surface area contributed by atoms with Gasteiger partial charge in [0.05, 0.1) is 10.6 Å². The summed E-state index contributed by atoms with van der Waals surface area (Å²) in [6.45, 7) is 2.61. The minimum Gasteiger partial charge on any atom is -0.350 e. The average Bonchev–Trinajstić information content (AvgIpc) is 3.11. The summed E-state index contributed by atoms with van der Waals surface area (Å²) in [7, 11) is 0. The second-order valence-electron chi connectivity index (χ2n) is 5.84. The van der Waals surface area contributed by atoms with Gasteiger partial charge in [0.25, 0.3) is 11.6 Å². The Hall–Kier alpha value is -2.45. The van der Waals surface area contributed by atoms with Crippen molar-refractivity contribution in [1.29, 1.82) is 0 Å². The van der Waals surface area contributed by atoms with Crippen molar-refractivity contribution in [1.82, 2.24) is 20.4 Å². The first kappa shape index (κ1) is 18.9. The lowest BCUT2D eigenvalue weighted by Gasteiger charge is -2.22. The summed E-state index contributed by atoms with van der Waals surface area (Å²) in [6.07, 6.45) is 3.91. The van der Waals surface area contributed by atoms with Gasteiger partial charge in [0.1, 0.15) is 0 Å². The maximum atomic E-state index is 12.2. The van der Waals surface area contributed by atoms with Crippen LogP contribution in [0.15, 0.2) is 36.5 Å². The van der Waals surface area contributed by atoms with Gasteiger partial charge in [-0.25, -0.2) is 4.68 Å². The van der Waals surface area contributed by atoms with E-state index in [1.54, 1.807) is 24.4 Å². The average molecular weight is 366 g/mol. The van der Waals surface area contributed by atoms with Crippen molar-refractivity contribution in [2.75, 3.05) is 19.6 Å². The molecule has 1 aliphatic rings. The lowest BCUT2D eigenvalue weighted by molar-refractivity contribution is -0.384. The Morgan fingerprint density at radius 1 is 1.36 bits per heavy atom. The molecule has 8 nitrogen and oxygen atoms in total. The van der Waals surface area contributed by atoms with E-state index in [9.17, 15) is 14.9 Å². The number of benzene rings is 1. The first-order valence-electron chi connectivity index (χ1n) is 7.93. The number of halogens is 1. The fourth-order valence-corrected chi connectivity index (χ4v) is 2.74. The molecule has 25 heavy (non-hydrogen) atoms. The highest BCUT2D eigenvalue weighted by Gasteiger charge is 2.16. The first-order chi connectivity index (χ1) is 11.6. The third-order valence-corrected chi connectivity index (χ3v) is 4.10. The maximum Gasteiger partial charge on any atom is 0.271 e. The molecule has 0 saturated carbocycles. The van der Waals surface area contributed by atoms with Crippen molar-refractivity contribution in [3.05, 3.63) is 52.3 Å². The molecule has 2 N–H and O–H groups in total. The van der Waals surface area contributed by atoms with Gasteiger partial charge in [-0.1, -0.05) is 0 Å². The summed E-state index contributed by atoms with van der Waals surface area (Å²) in [4.78, 5) is 22.4. The molecule has 1 atom stereocenters. The molecule has 1 aromatic heterocycles. The molecule has 9 heteroatoms. The SMILES string of the molecule is Cl.O=C(NCC1CCCNC1)c1ccn(-c2ccc([N+](=O)[O-])cc2)n1. The summed E-state index contributed by atoms with van der Waals surface area (Å²) in [5.74, 6) is 0.251. The van der Waals surface area contributed by atoms with E-state index in [2.05, 4.69) is 15.7 Å². The molecule has 2 heterocycles. The van der Waals surface area contributed by atoms with E-state index in [4.69, 9.17) is 0 Å². The number of nitro benzene ring substituents is 1. The number of nitrogens with one attached hydrogen (secondary N) is 2. The fraction of sp³-hybridized carbons (Fsp3) is 0.375. The molecule has 0 aliphatic carbocycles. The van der Waals surface area contributed by atoms with E-state index >= 15 is 0 Å². The second-order valence-corrected chi connectivity index (χ2v) is 5.84. The van der Waals surface area contributed by atoms with Gasteiger partial charge >= 0.3 is 0 Å². The number of carbonyl (C=O) groups excluding carboxylic acids is 1. The molecule has 134 valence electrons. The zero-order valence-corrected chi connectivity index (χ0v) is 14.4. The Kier molecular flexibility index (Phi) is 6.49. The zero-order valence-electron chi connectivity index (χ0n) is 13.6. The molecule has 1 unspecified atom stereocenters. The van der Waals surface area contributed by atoms with Crippen molar-refractivity contribution in [3.8, 4) is 5.69 Å². The van der Waals surface area contributed by atoms with Crippen LogP contribution in [-0.4, -0.2) is 40.2 Å². The highest BCUT2D eigenvalue weighted by molar-refractivity contribution is 5.92. The normalized spacial score (nSPS) is 16.7. The van der Waals surface area contributed by atoms with Crippen molar-refractivity contribution in [2.24, 2.45) is 5.92 Å². The summed E-state index contributed by atoms with van der Waals surface area (Å²) < 4.78 is 1.53. The van der Waals surface area contributed by atoms with E-state index in [-0.39, 0.29) is 24.0 Å². The van der Waals surface area contributed by atoms with Crippen LogP contribution < -0.4 is 10.6 Å². The molecule has 0 radical (unpaired) electrons. The number of amides is 1. The standard InChI is InChI=1S/C16H19N5O3.ClH/c22-16(18-11-12-2-1-8-17-10-12)15-7-9-20(19-15)13-3-5-14(6-4-13)21(23)24;/h3-7,9,12,17H,1-2,8,10-11H2,(H,18,22);1H. The van der Waals surface area contributed by atoms with E-state index in [0.717, 1.165) is 25.9 Å². The number of hydrogen-bond acceptors (Lipinski definition) is 5. The number of carbonyl (C=O) groups is 1. The fourth-order valence-electron chi connectivity index (χ4n) is 2.74. The molecular formula is C16H20ClN5O3. The summed E-state index contributed by atoms with van der Waals surface area (Å²) in [5.41, 5.74) is 1.01. The number of aromatic nitrogens is 2. The maximum absolute atomic E-state index is 12.2. The summed E-state index contributed by atoms with van der Waals surface area (Å²) in [5, 5.41) is 21.1. The van der Waals surface area contributed by atoms with Crippen LogP contribution in [0, 0.1) is 16.0 Å². The van der Waals surface area contributed by atoms with Crippen LogP contribution in [0.3, 0.4) is 0 Å². The molecule has 1 aromatic carbocycles. The molecule has 0 spiro atoms. The predicted molar refractivity (Wildman–Crippen MR) is 95.4 cm³/mol. The third-order valence-electron chi connectivity index (χ3n) is 4.10. The van der Waals surface area contributed by atoms with Crippen molar-refractivity contribution < 1.29 is 9.72 Å². The van der Waals surface area contributed by atoms with E-state index < -0.39 is 4.92 Å².